The number of amides is 2. The first kappa shape index (κ1) is 23.9. The predicted molar refractivity (Wildman–Crippen MR) is 122 cm³/mol. The summed E-state index contributed by atoms with van der Waals surface area (Å²) in [5.74, 6) is -0.303. The second-order valence-corrected chi connectivity index (χ2v) is 12.3. The van der Waals surface area contributed by atoms with Gasteiger partial charge in [-0.3, -0.25) is 4.79 Å². The van der Waals surface area contributed by atoms with Crippen molar-refractivity contribution >= 4 is 50.4 Å². The summed E-state index contributed by atoms with van der Waals surface area (Å²) in [6.45, 7) is 5.73. The van der Waals surface area contributed by atoms with Gasteiger partial charge < -0.3 is 15.0 Å². The van der Waals surface area contributed by atoms with E-state index in [2.05, 4.69) is 10.3 Å². The summed E-state index contributed by atoms with van der Waals surface area (Å²) >= 11 is 7.60. The highest BCUT2D eigenvalue weighted by molar-refractivity contribution is 8.15. The van der Waals surface area contributed by atoms with Gasteiger partial charge in [0.15, 0.2) is 15.0 Å². The van der Waals surface area contributed by atoms with E-state index in [1.165, 1.54) is 11.8 Å². The SMILES string of the molecule is CC(C)(C)OC(=O)NCCC(=O)N=C1SC2CS(=O)(=O)CC2N1Cc1ccccc1Cl. The highest BCUT2D eigenvalue weighted by atomic mass is 35.5. The highest BCUT2D eigenvalue weighted by Crippen LogP contribution is 2.39. The topological polar surface area (TPSA) is 105 Å². The number of hydrogen-bond acceptors (Lipinski definition) is 6. The molecule has 0 aromatic heterocycles. The van der Waals surface area contributed by atoms with Gasteiger partial charge in [0.2, 0.25) is 5.91 Å². The lowest BCUT2D eigenvalue weighted by molar-refractivity contribution is -0.117. The Labute approximate surface area is 191 Å². The van der Waals surface area contributed by atoms with Crippen LogP contribution in [0.1, 0.15) is 32.8 Å². The zero-order valence-corrected chi connectivity index (χ0v) is 20.0. The number of nitrogens with zero attached hydrogens (tertiary/aromatic N) is 2. The lowest BCUT2D eigenvalue weighted by Crippen LogP contribution is -2.37. The van der Waals surface area contributed by atoms with Gasteiger partial charge in [-0.2, -0.15) is 4.99 Å². The van der Waals surface area contributed by atoms with Gasteiger partial charge >= 0.3 is 6.09 Å². The number of carbonyl (C=O) groups is 2. The van der Waals surface area contributed by atoms with Crippen LogP contribution in [0, 0.1) is 0 Å². The van der Waals surface area contributed by atoms with Crippen molar-refractivity contribution in [3.8, 4) is 0 Å². The Morgan fingerprint density at radius 3 is 2.68 bits per heavy atom. The van der Waals surface area contributed by atoms with Crippen LogP contribution in [0.15, 0.2) is 29.3 Å². The smallest absolute Gasteiger partial charge is 0.407 e. The second kappa shape index (κ2) is 9.38. The third kappa shape index (κ3) is 6.60. The average Bonchev–Trinajstić information content (AvgIpc) is 3.07. The van der Waals surface area contributed by atoms with Crippen molar-refractivity contribution in [2.24, 2.45) is 4.99 Å². The molecule has 2 aliphatic rings. The molecular formula is C20H26ClN3O5S2. The third-order valence-electron chi connectivity index (χ3n) is 4.70. The Kier molecular flexibility index (Phi) is 7.22. The van der Waals surface area contributed by atoms with E-state index in [0.29, 0.717) is 16.7 Å². The minimum absolute atomic E-state index is 0.0108. The van der Waals surface area contributed by atoms with Crippen LogP contribution >= 0.6 is 23.4 Å². The quantitative estimate of drug-likeness (QED) is 0.680. The fourth-order valence-electron chi connectivity index (χ4n) is 3.38. The van der Waals surface area contributed by atoms with Crippen LogP contribution in [-0.4, -0.2) is 65.4 Å². The molecule has 2 heterocycles. The molecule has 0 spiro atoms. The third-order valence-corrected chi connectivity index (χ3v) is 8.32. The van der Waals surface area contributed by atoms with Gasteiger partial charge in [0.05, 0.1) is 17.5 Å². The van der Waals surface area contributed by atoms with Crippen LogP contribution in [0.2, 0.25) is 5.02 Å². The number of halogens is 1. The average molecular weight is 488 g/mol. The van der Waals surface area contributed by atoms with E-state index in [0.717, 1.165) is 5.56 Å². The summed E-state index contributed by atoms with van der Waals surface area (Å²) in [6.07, 6.45) is -0.583. The van der Waals surface area contributed by atoms with Crippen molar-refractivity contribution < 1.29 is 22.7 Å². The Bertz CT molecular complexity index is 991. The standard InChI is InChI=1S/C20H26ClN3O5S2/c1-20(2,3)29-19(26)22-9-8-17(25)23-18-24(10-13-6-4-5-7-14(13)21)15-11-31(27,28)12-16(15)30-18/h4-7,15-16H,8-12H2,1-3H3,(H,22,26). The normalized spacial score (nSPS) is 23.6. The van der Waals surface area contributed by atoms with Gasteiger partial charge in [-0.25, -0.2) is 13.2 Å². The number of amidine groups is 1. The molecule has 2 fully saturated rings. The summed E-state index contributed by atoms with van der Waals surface area (Å²) in [4.78, 5) is 30.2. The van der Waals surface area contributed by atoms with Gasteiger partial charge in [0, 0.05) is 29.8 Å². The Morgan fingerprint density at radius 1 is 1.29 bits per heavy atom. The number of nitrogens with one attached hydrogen (secondary N) is 1. The number of thioether (sulfide) groups is 1. The van der Waals surface area contributed by atoms with Crippen LogP contribution in [0.25, 0.3) is 0 Å². The number of sulfone groups is 1. The summed E-state index contributed by atoms with van der Waals surface area (Å²) in [5, 5.41) is 3.43. The molecule has 2 unspecified atom stereocenters. The van der Waals surface area contributed by atoms with Crippen molar-refractivity contribution in [3.05, 3.63) is 34.9 Å². The Balaban J connectivity index is 1.68. The van der Waals surface area contributed by atoms with Crippen LogP contribution in [-0.2, 0) is 25.9 Å². The minimum Gasteiger partial charge on any atom is -0.444 e. The van der Waals surface area contributed by atoms with Crippen molar-refractivity contribution in [1.82, 2.24) is 10.2 Å². The molecule has 31 heavy (non-hydrogen) atoms. The molecule has 0 bridgehead atoms. The molecule has 1 aromatic carbocycles. The van der Waals surface area contributed by atoms with Gasteiger partial charge in [0.1, 0.15) is 5.60 Å². The zero-order valence-electron chi connectivity index (χ0n) is 17.6. The number of alkyl carbamates (subject to hydrolysis) is 1. The van der Waals surface area contributed by atoms with Gasteiger partial charge in [0.25, 0.3) is 0 Å². The Morgan fingerprint density at radius 2 is 2.00 bits per heavy atom. The maximum atomic E-state index is 12.4. The van der Waals surface area contributed by atoms with E-state index in [9.17, 15) is 18.0 Å². The van der Waals surface area contributed by atoms with E-state index in [1.807, 2.05) is 23.1 Å². The predicted octanol–water partition coefficient (Wildman–Crippen LogP) is 2.85. The maximum absolute atomic E-state index is 12.4. The number of benzene rings is 1. The molecule has 1 aromatic rings. The molecule has 2 amide bonds. The van der Waals surface area contributed by atoms with Crippen LogP contribution < -0.4 is 5.32 Å². The minimum atomic E-state index is -3.13. The molecule has 2 atom stereocenters. The molecule has 0 radical (unpaired) electrons. The lowest BCUT2D eigenvalue weighted by atomic mass is 10.1. The molecule has 11 heteroatoms. The molecule has 8 nitrogen and oxygen atoms in total. The molecule has 170 valence electrons. The largest absolute Gasteiger partial charge is 0.444 e. The van der Waals surface area contributed by atoms with E-state index in [-0.39, 0.29) is 35.8 Å². The molecule has 0 saturated carbocycles. The summed E-state index contributed by atoms with van der Waals surface area (Å²) in [7, 11) is -3.13. The lowest BCUT2D eigenvalue weighted by Gasteiger charge is -2.25. The maximum Gasteiger partial charge on any atom is 0.407 e. The van der Waals surface area contributed by atoms with Gasteiger partial charge in [-0.05, 0) is 32.4 Å². The molecule has 1 N–H and O–H groups in total. The highest BCUT2D eigenvalue weighted by Gasteiger charge is 2.48. The zero-order chi connectivity index (χ0) is 22.8. The van der Waals surface area contributed by atoms with Crippen LogP contribution in [0.3, 0.4) is 0 Å². The first-order chi connectivity index (χ1) is 14.4. The molecule has 3 rings (SSSR count). The second-order valence-electron chi connectivity index (χ2n) is 8.49. The van der Waals surface area contributed by atoms with Gasteiger partial charge in [-0.15, -0.1) is 0 Å². The van der Waals surface area contributed by atoms with Crippen LogP contribution in [0.4, 0.5) is 4.79 Å². The monoisotopic (exact) mass is 487 g/mol. The molecule has 0 aliphatic carbocycles. The molecule has 2 saturated heterocycles. The number of aliphatic imine (C=N–C) groups is 1. The number of ether oxygens (including phenoxy) is 1. The molecular weight excluding hydrogens is 462 g/mol. The number of hydrogen-bond donors (Lipinski definition) is 1. The molecule has 2 aliphatic heterocycles. The van der Waals surface area contributed by atoms with E-state index in [4.69, 9.17) is 16.3 Å². The van der Waals surface area contributed by atoms with E-state index in [1.54, 1.807) is 26.8 Å². The first-order valence-electron chi connectivity index (χ1n) is 9.89. The number of rotatable bonds is 5. The fraction of sp³-hybridized carbons (Fsp3) is 0.550. The first-order valence-corrected chi connectivity index (χ1v) is 13.0. The van der Waals surface area contributed by atoms with Crippen molar-refractivity contribution in [3.63, 3.8) is 0 Å². The van der Waals surface area contributed by atoms with Crippen LogP contribution in [0.5, 0.6) is 0 Å². The Hall–Kier alpha value is -1.78. The summed E-state index contributed by atoms with van der Waals surface area (Å²) < 4.78 is 29.4. The van der Waals surface area contributed by atoms with Crippen molar-refractivity contribution in [1.29, 1.82) is 0 Å². The van der Waals surface area contributed by atoms with E-state index < -0.39 is 27.4 Å². The van der Waals surface area contributed by atoms with Gasteiger partial charge in [-0.1, -0.05) is 41.6 Å². The number of fused-ring (bicyclic) bond motifs is 1. The summed E-state index contributed by atoms with van der Waals surface area (Å²) in [5.41, 5.74) is 0.216. The van der Waals surface area contributed by atoms with Crippen molar-refractivity contribution in [2.75, 3.05) is 18.1 Å². The summed E-state index contributed by atoms with van der Waals surface area (Å²) in [6, 6.07) is 7.07. The number of carbonyl (C=O) groups excluding carboxylic acids is 2. The van der Waals surface area contributed by atoms with E-state index >= 15 is 0 Å². The van der Waals surface area contributed by atoms with Crippen molar-refractivity contribution in [2.45, 2.75) is 50.6 Å². The fourth-order valence-corrected chi connectivity index (χ4v) is 7.54.